The van der Waals surface area contributed by atoms with Crippen LogP contribution in [0.3, 0.4) is 0 Å². The summed E-state index contributed by atoms with van der Waals surface area (Å²) >= 11 is 0. The fourth-order valence-corrected chi connectivity index (χ4v) is 2.46. The van der Waals surface area contributed by atoms with Crippen molar-refractivity contribution in [3.63, 3.8) is 0 Å². The van der Waals surface area contributed by atoms with Crippen molar-refractivity contribution in [1.29, 1.82) is 0 Å². The van der Waals surface area contributed by atoms with Crippen molar-refractivity contribution < 1.29 is 8.42 Å². The molecule has 1 heterocycles. The van der Waals surface area contributed by atoms with E-state index in [4.69, 9.17) is 0 Å². The average Bonchev–Trinajstić information content (AvgIpc) is 2.21. The molecule has 0 aliphatic carbocycles. The Morgan fingerprint density at radius 3 is 2.59 bits per heavy atom. The van der Waals surface area contributed by atoms with Crippen LogP contribution < -0.4 is 5.32 Å². The average molecular weight is 263 g/mol. The summed E-state index contributed by atoms with van der Waals surface area (Å²) < 4.78 is 21.8. The summed E-state index contributed by atoms with van der Waals surface area (Å²) in [6, 6.07) is 0.611. The van der Waals surface area contributed by atoms with Gasteiger partial charge in [-0.05, 0) is 14.0 Å². The van der Waals surface area contributed by atoms with Gasteiger partial charge >= 0.3 is 0 Å². The molecule has 0 aromatic rings. The summed E-state index contributed by atoms with van der Waals surface area (Å²) in [7, 11) is -0.669. The SMILES string of the molecule is CC1CN(CCNCCS(C)(=O)=O)CCN1C. The molecule has 1 N–H and O–H groups in total. The molecule has 1 fully saturated rings. The lowest BCUT2D eigenvalue weighted by molar-refractivity contribution is 0.106. The summed E-state index contributed by atoms with van der Waals surface area (Å²) in [6.45, 7) is 7.99. The zero-order valence-corrected chi connectivity index (χ0v) is 12.0. The summed E-state index contributed by atoms with van der Waals surface area (Å²) in [5.74, 6) is 0.228. The Labute approximate surface area is 105 Å². The molecular formula is C11H25N3O2S. The topological polar surface area (TPSA) is 52.7 Å². The second kappa shape index (κ2) is 6.68. The Bertz CT molecular complexity index is 319. The van der Waals surface area contributed by atoms with Crippen molar-refractivity contribution in [3.8, 4) is 0 Å². The van der Waals surface area contributed by atoms with Crippen LogP contribution >= 0.6 is 0 Å². The maximum atomic E-state index is 10.9. The number of nitrogens with one attached hydrogen (secondary N) is 1. The van der Waals surface area contributed by atoms with E-state index in [9.17, 15) is 8.42 Å². The number of rotatable bonds is 6. The first kappa shape index (κ1) is 14.9. The van der Waals surface area contributed by atoms with Gasteiger partial charge in [-0.25, -0.2) is 8.42 Å². The van der Waals surface area contributed by atoms with Gasteiger partial charge in [0.25, 0.3) is 0 Å². The zero-order valence-electron chi connectivity index (χ0n) is 11.1. The molecule has 0 bridgehead atoms. The van der Waals surface area contributed by atoms with E-state index in [0.29, 0.717) is 12.6 Å². The lowest BCUT2D eigenvalue weighted by Gasteiger charge is -2.37. The van der Waals surface area contributed by atoms with Crippen LogP contribution in [-0.2, 0) is 9.84 Å². The molecule has 1 rings (SSSR count). The van der Waals surface area contributed by atoms with Crippen molar-refractivity contribution in [1.82, 2.24) is 15.1 Å². The van der Waals surface area contributed by atoms with Gasteiger partial charge in [0.15, 0.2) is 0 Å². The number of hydrogen-bond acceptors (Lipinski definition) is 5. The van der Waals surface area contributed by atoms with Gasteiger partial charge in [0, 0.05) is 51.6 Å². The Morgan fingerprint density at radius 2 is 2.00 bits per heavy atom. The number of likely N-dealkylation sites (N-methyl/N-ethyl adjacent to an activating group) is 1. The summed E-state index contributed by atoms with van der Waals surface area (Å²) in [5.41, 5.74) is 0. The number of nitrogens with zero attached hydrogens (tertiary/aromatic N) is 2. The van der Waals surface area contributed by atoms with Crippen molar-refractivity contribution in [2.75, 3.05) is 58.3 Å². The second-order valence-corrected chi connectivity index (χ2v) is 7.27. The Morgan fingerprint density at radius 1 is 1.29 bits per heavy atom. The fraction of sp³-hybridized carbons (Fsp3) is 1.00. The molecule has 17 heavy (non-hydrogen) atoms. The summed E-state index contributed by atoms with van der Waals surface area (Å²) in [5, 5.41) is 3.18. The minimum Gasteiger partial charge on any atom is -0.314 e. The normalized spacial score (nSPS) is 24.1. The van der Waals surface area contributed by atoms with E-state index in [-0.39, 0.29) is 5.75 Å². The van der Waals surface area contributed by atoms with Gasteiger partial charge in [-0.2, -0.15) is 0 Å². The Hall–Kier alpha value is -0.170. The molecule has 0 radical (unpaired) electrons. The quantitative estimate of drug-likeness (QED) is 0.640. The lowest BCUT2D eigenvalue weighted by Crippen LogP contribution is -2.51. The van der Waals surface area contributed by atoms with Crippen LogP contribution in [0.2, 0.25) is 0 Å². The molecule has 5 nitrogen and oxygen atoms in total. The number of sulfone groups is 1. The van der Waals surface area contributed by atoms with E-state index in [2.05, 4.69) is 29.1 Å². The van der Waals surface area contributed by atoms with Gasteiger partial charge in [-0.1, -0.05) is 0 Å². The first-order valence-corrected chi connectivity index (χ1v) is 8.25. The highest BCUT2D eigenvalue weighted by atomic mass is 32.2. The van der Waals surface area contributed by atoms with Crippen molar-refractivity contribution in [3.05, 3.63) is 0 Å². The zero-order chi connectivity index (χ0) is 12.9. The molecule has 6 heteroatoms. The third kappa shape index (κ3) is 6.35. The van der Waals surface area contributed by atoms with Gasteiger partial charge < -0.3 is 10.2 Å². The highest BCUT2D eigenvalue weighted by molar-refractivity contribution is 7.90. The Kier molecular flexibility index (Phi) is 5.85. The first-order chi connectivity index (χ1) is 7.88. The highest BCUT2D eigenvalue weighted by Crippen LogP contribution is 2.05. The van der Waals surface area contributed by atoms with Gasteiger partial charge in [0.2, 0.25) is 0 Å². The lowest BCUT2D eigenvalue weighted by atomic mass is 10.2. The number of hydrogen-bond donors (Lipinski definition) is 1. The number of piperazine rings is 1. The molecule has 1 aliphatic rings. The molecule has 102 valence electrons. The third-order valence-electron chi connectivity index (χ3n) is 3.30. The molecule has 0 aromatic heterocycles. The van der Waals surface area contributed by atoms with Gasteiger partial charge in [-0.3, -0.25) is 4.90 Å². The van der Waals surface area contributed by atoms with Gasteiger partial charge in [0.05, 0.1) is 5.75 Å². The van der Waals surface area contributed by atoms with Crippen LogP contribution in [0.4, 0.5) is 0 Å². The second-order valence-electron chi connectivity index (χ2n) is 5.01. The third-order valence-corrected chi connectivity index (χ3v) is 4.24. The van der Waals surface area contributed by atoms with Crippen LogP contribution in [0.5, 0.6) is 0 Å². The van der Waals surface area contributed by atoms with Crippen LogP contribution in [0, 0.1) is 0 Å². The van der Waals surface area contributed by atoms with E-state index in [1.165, 1.54) is 6.26 Å². The van der Waals surface area contributed by atoms with E-state index >= 15 is 0 Å². The maximum absolute atomic E-state index is 10.9. The van der Waals surface area contributed by atoms with Crippen molar-refractivity contribution in [2.24, 2.45) is 0 Å². The fourth-order valence-electron chi connectivity index (χ4n) is 1.95. The van der Waals surface area contributed by atoms with E-state index in [0.717, 1.165) is 32.7 Å². The van der Waals surface area contributed by atoms with E-state index < -0.39 is 9.84 Å². The standard InChI is InChI=1S/C11H25N3O2S/c1-11-10-14(8-7-13(11)2)6-4-12-5-9-17(3,15)16/h11-12H,4-10H2,1-3H3. The van der Waals surface area contributed by atoms with E-state index in [1.807, 2.05) is 0 Å². The largest absolute Gasteiger partial charge is 0.314 e. The van der Waals surface area contributed by atoms with E-state index in [1.54, 1.807) is 0 Å². The van der Waals surface area contributed by atoms with Crippen LogP contribution in [0.1, 0.15) is 6.92 Å². The minimum absolute atomic E-state index is 0.228. The first-order valence-electron chi connectivity index (χ1n) is 6.19. The smallest absolute Gasteiger partial charge is 0.148 e. The molecule has 0 aromatic carbocycles. The molecule has 1 saturated heterocycles. The molecule has 0 amide bonds. The van der Waals surface area contributed by atoms with Crippen LogP contribution in [0.25, 0.3) is 0 Å². The summed E-state index contributed by atoms with van der Waals surface area (Å²) in [6.07, 6.45) is 1.27. The van der Waals surface area contributed by atoms with Crippen molar-refractivity contribution in [2.45, 2.75) is 13.0 Å². The monoisotopic (exact) mass is 263 g/mol. The molecule has 1 unspecified atom stereocenters. The minimum atomic E-state index is -2.83. The van der Waals surface area contributed by atoms with Gasteiger partial charge in [0.1, 0.15) is 9.84 Å². The predicted octanol–water partition coefficient (Wildman–Crippen LogP) is -0.743. The molecule has 1 aliphatic heterocycles. The summed E-state index contributed by atoms with van der Waals surface area (Å²) in [4.78, 5) is 4.80. The molecule has 0 spiro atoms. The Balaban J connectivity index is 2.07. The van der Waals surface area contributed by atoms with Crippen LogP contribution in [0.15, 0.2) is 0 Å². The van der Waals surface area contributed by atoms with Crippen molar-refractivity contribution >= 4 is 9.84 Å². The molecular weight excluding hydrogens is 238 g/mol. The van der Waals surface area contributed by atoms with Crippen LogP contribution in [-0.4, -0.2) is 82.6 Å². The van der Waals surface area contributed by atoms with Gasteiger partial charge in [-0.15, -0.1) is 0 Å². The molecule has 1 atom stereocenters. The maximum Gasteiger partial charge on any atom is 0.148 e. The highest BCUT2D eigenvalue weighted by Gasteiger charge is 2.19. The molecule has 0 saturated carbocycles. The predicted molar refractivity (Wildman–Crippen MR) is 71.1 cm³/mol.